The summed E-state index contributed by atoms with van der Waals surface area (Å²) in [4.78, 5) is 7.53. The van der Waals surface area contributed by atoms with E-state index in [9.17, 15) is 8.42 Å². The number of benzene rings is 1. The molecule has 0 bridgehead atoms. The molecule has 0 aliphatic carbocycles. The van der Waals surface area contributed by atoms with Crippen LogP contribution in [0.4, 0.5) is 5.82 Å². The Morgan fingerprint density at radius 1 is 1.16 bits per heavy atom. The molecule has 0 unspecified atom stereocenters. The Hall–Kier alpha value is -2.17. The third-order valence-corrected chi connectivity index (χ3v) is 3.72. The van der Waals surface area contributed by atoms with Crippen LogP contribution in [0.5, 0.6) is 0 Å². The van der Waals surface area contributed by atoms with Crippen molar-refractivity contribution < 1.29 is 8.42 Å². The normalized spacial score (nSPS) is 10.7. The molecule has 8 heteroatoms. The van der Waals surface area contributed by atoms with Gasteiger partial charge in [0.15, 0.2) is 5.82 Å². The van der Waals surface area contributed by atoms with Gasteiger partial charge in [0.2, 0.25) is 0 Å². The summed E-state index contributed by atoms with van der Waals surface area (Å²) < 4.78 is 26.2. The van der Waals surface area contributed by atoms with Crippen molar-refractivity contribution in [2.24, 2.45) is 0 Å². The number of nitriles is 1. The molecule has 2 rings (SSSR count). The molecule has 0 aliphatic heterocycles. The van der Waals surface area contributed by atoms with E-state index in [1.54, 1.807) is 0 Å². The number of aromatic nitrogens is 2. The largest absolute Gasteiger partial charge is 0.263 e. The van der Waals surface area contributed by atoms with E-state index >= 15 is 0 Å². The van der Waals surface area contributed by atoms with Crippen molar-refractivity contribution in [1.82, 2.24) is 9.97 Å². The SMILES string of the molecule is N#Cc1ccc(S(=O)(=O)Nc2cnc(Cl)cn2)cc1. The third-order valence-electron chi connectivity index (χ3n) is 2.15. The average molecular weight is 295 g/mol. The van der Waals surface area contributed by atoms with E-state index in [2.05, 4.69) is 14.7 Å². The molecule has 96 valence electrons. The highest BCUT2D eigenvalue weighted by Gasteiger charge is 2.14. The Morgan fingerprint density at radius 2 is 1.84 bits per heavy atom. The van der Waals surface area contributed by atoms with Gasteiger partial charge >= 0.3 is 0 Å². The fourth-order valence-electron chi connectivity index (χ4n) is 1.27. The summed E-state index contributed by atoms with van der Waals surface area (Å²) in [5, 5.41) is 8.81. The lowest BCUT2D eigenvalue weighted by Crippen LogP contribution is -2.14. The molecule has 0 amide bonds. The fraction of sp³-hybridized carbons (Fsp3) is 0. The summed E-state index contributed by atoms with van der Waals surface area (Å²) in [5.74, 6) is 0.0637. The van der Waals surface area contributed by atoms with Crippen LogP contribution >= 0.6 is 11.6 Å². The molecule has 0 saturated carbocycles. The molecule has 6 nitrogen and oxygen atoms in total. The molecule has 2 aromatic rings. The van der Waals surface area contributed by atoms with E-state index in [-0.39, 0.29) is 15.9 Å². The summed E-state index contributed by atoms with van der Waals surface area (Å²) in [6.07, 6.45) is 2.45. The van der Waals surface area contributed by atoms with E-state index in [0.717, 1.165) is 0 Å². The Bertz CT molecular complexity index is 721. The zero-order chi connectivity index (χ0) is 13.9. The lowest BCUT2D eigenvalue weighted by Gasteiger charge is -2.06. The van der Waals surface area contributed by atoms with E-state index in [0.29, 0.717) is 5.56 Å². The van der Waals surface area contributed by atoms with Crippen LogP contribution in [-0.2, 0) is 10.0 Å². The van der Waals surface area contributed by atoms with Crippen LogP contribution in [0.2, 0.25) is 5.15 Å². The van der Waals surface area contributed by atoms with Gasteiger partial charge in [0.25, 0.3) is 10.0 Å². The van der Waals surface area contributed by atoms with Gasteiger partial charge in [-0.3, -0.25) is 4.72 Å². The smallest absolute Gasteiger partial charge is 0.262 e. The Morgan fingerprint density at radius 3 is 2.37 bits per heavy atom. The first-order chi connectivity index (χ1) is 9.01. The number of anilines is 1. The van der Waals surface area contributed by atoms with Crippen molar-refractivity contribution in [1.29, 1.82) is 5.26 Å². The molecule has 0 fully saturated rings. The van der Waals surface area contributed by atoms with Gasteiger partial charge in [0.1, 0.15) is 5.15 Å². The number of nitrogens with zero attached hydrogens (tertiary/aromatic N) is 3. The van der Waals surface area contributed by atoms with Gasteiger partial charge in [-0.1, -0.05) is 11.6 Å². The molecule has 0 radical (unpaired) electrons. The lowest BCUT2D eigenvalue weighted by atomic mass is 10.2. The number of hydrogen-bond donors (Lipinski definition) is 1. The highest BCUT2D eigenvalue weighted by Crippen LogP contribution is 2.15. The van der Waals surface area contributed by atoms with Crippen molar-refractivity contribution in [2.45, 2.75) is 4.90 Å². The molecule has 0 aliphatic rings. The van der Waals surface area contributed by atoms with Gasteiger partial charge in [0, 0.05) is 0 Å². The molecule has 0 saturated heterocycles. The zero-order valence-electron chi connectivity index (χ0n) is 9.41. The van der Waals surface area contributed by atoms with Gasteiger partial charge in [0.05, 0.1) is 28.9 Å². The van der Waals surface area contributed by atoms with E-state index < -0.39 is 10.0 Å². The summed E-state index contributed by atoms with van der Waals surface area (Å²) in [6, 6.07) is 7.42. The molecule has 19 heavy (non-hydrogen) atoms. The molecule has 0 atom stereocenters. The Kier molecular flexibility index (Phi) is 3.64. The van der Waals surface area contributed by atoms with Gasteiger partial charge in [-0.05, 0) is 24.3 Å². The van der Waals surface area contributed by atoms with Gasteiger partial charge in [-0.25, -0.2) is 18.4 Å². The van der Waals surface area contributed by atoms with Crippen LogP contribution in [0.1, 0.15) is 5.56 Å². The monoisotopic (exact) mass is 294 g/mol. The molecule has 0 spiro atoms. The second kappa shape index (κ2) is 5.22. The number of halogens is 1. The van der Waals surface area contributed by atoms with Crippen molar-refractivity contribution in [3.05, 3.63) is 47.4 Å². The maximum absolute atomic E-state index is 12.0. The first kappa shape index (κ1) is 13.3. The molecule has 1 N–H and O–H groups in total. The minimum absolute atomic E-state index is 0.0308. The van der Waals surface area contributed by atoms with Crippen LogP contribution in [0.3, 0.4) is 0 Å². The summed E-state index contributed by atoms with van der Waals surface area (Å²) in [7, 11) is -3.76. The topological polar surface area (TPSA) is 95.7 Å². The first-order valence-corrected chi connectivity index (χ1v) is 6.88. The van der Waals surface area contributed by atoms with Gasteiger partial charge in [-0.15, -0.1) is 0 Å². The number of rotatable bonds is 3. The Labute approximate surface area is 114 Å². The van der Waals surface area contributed by atoms with E-state index in [1.807, 2.05) is 6.07 Å². The van der Waals surface area contributed by atoms with Crippen LogP contribution in [0.25, 0.3) is 0 Å². The van der Waals surface area contributed by atoms with Gasteiger partial charge < -0.3 is 0 Å². The minimum atomic E-state index is -3.76. The molecular weight excluding hydrogens is 288 g/mol. The van der Waals surface area contributed by atoms with E-state index in [1.165, 1.54) is 36.7 Å². The van der Waals surface area contributed by atoms with E-state index in [4.69, 9.17) is 16.9 Å². The Balaban J connectivity index is 2.27. The fourth-order valence-corrected chi connectivity index (χ4v) is 2.36. The molecule has 1 aromatic carbocycles. The lowest BCUT2D eigenvalue weighted by molar-refractivity contribution is 0.601. The predicted molar refractivity (Wildman–Crippen MR) is 69.0 cm³/mol. The average Bonchev–Trinajstić information content (AvgIpc) is 2.41. The standard InChI is InChI=1S/C11H7ClN4O2S/c12-10-6-15-11(7-14-10)16-19(17,18)9-3-1-8(5-13)2-4-9/h1-4,6-7H,(H,15,16). The number of nitrogens with one attached hydrogen (secondary N) is 1. The van der Waals surface area contributed by atoms with Crippen molar-refractivity contribution in [3.63, 3.8) is 0 Å². The first-order valence-electron chi connectivity index (χ1n) is 5.02. The zero-order valence-corrected chi connectivity index (χ0v) is 11.0. The van der Waals surface area contributed by atoms with Crippen molar-refractivity contribution in [2.75, 3.05) is 4.72 Å². The second-order valence-corrected chi connectivity index (χ2v) is 5.54. The second-order valence-electron chi connectivity index (χ2n) is 3.47. The predicted octanol–water partition coefficient (Wildman–Crippen LogP) is 1.80. The van der Waals surface area contributed by atoms with Crippen LogP contribution in [-0.4, -0.2) is 18.4 Å². The summed E-state index contributed by atoms with van der Waals surface area (Å²) in [5.41, 5.74) is 0.380. The number of hydrogen-bond acceptors (Lipinski definition) is 5. The highest BCUT2D eigenvalue weighted by atomic mass is 35.5. The number of sulfonamides is 1. The summed E-state index contributed by atoms with van der Waals surface area (Å²) >= 11 is 5.55. The van der Waals surface area contributed by atoms with Crippen LogP contribution in [0.15, 0.2) is 41.6 Å². The summed E-state index contributed by atoms with van der Waals surface area (Å²) in [6.45, 7) is 0. The van der Waals surface area contributed by atoms with Crippen LogP contribution < -0.4 is 4.72 Å². The van der Waals surface area contributed by atoms with Gasteiger partial charge in [-0.2, -0.15) is 5.26 Å². The quantitative estimate of drug-likeness (QED) is 0.931. The van der Waals surface area contributed by atoms with Crippen molar-refractivity contribution >= 4 is 27.4 Å². The minimum Gasteiger partial charge on any atom is -0.262 e. The molecule has 1 aromatic heterocycles. The maximum atomic E-state index is 12.0. The highest BCUT2D eigenvalue weighted by molar-refractivity contribution is 7.92. The maximum Gasteiger partial charge on any atom is 0.263 e. The molecule has 1 heterocycles. The van der Waals surface area contributed by atoms with Crippen molar-refractivity contribution in [3.8, 4) is 6.07 Å². The van der Waals surface area contributed by atoms with Crippen LogP contribution in [0, 0.1) is 11.3 Å². The third kappa shape index (κ3) is 3.19. The molecular formula is C11H7ClN4O2S.